The van der Waals surface area contributed by atoms with Crippen molar-refractivity contribution in [3.63, 3.8) is 0 Å². The van der Waals surface area contributed by atoms with Crippen LogP contribution in [0.3, 0.4) is 0 Å². The summed E-state index contributed by atoms with van der Waals surface area (Å²) >= 11 is 0. The number of aromatic nitrogens is 2. The maximum atomic E-state index is 13.2. The third-order valence-corrected chi connectivity index (χ3v) is 5.90. The Labute approximate surface area is 182 Å². The fourth-order valence-electron chi connectivity index (χ4n) is 4.18. The van der Waals surface area contributed by atoms with E-state index in [2.05, 4.69) is 10.1 Å². The van der Waals surface area contributed by atoms with Gasteiger partial charge in [0.15, 0.2) is 5.82 Å². The zero-order chi connectivity index (χ0) is 22.9. The van der Waals surface area contributed by atoms with Gasteiger partial charge in [-0.25, -0.2) is 4.79 Å². The average Bonchev–Trinajstić information content (AvgIpc) is 3.23. The van der Waals surface area contributed by atoms with E-state index in [0.29, 0.717) is 43.3 Å². The molecule has 2 atom stereocenters. The number of piperidine rings is 1. The molecule has 174 valence electrons. The van der Waals surface area contributed by atoms with Gasteiger partial charge in [-0.1, -0.05) is 23.4 Å². The maximum absolute atomic E-state index is 13.2. The predicted octanol–water partition coefficient (Wildman–Crippen LogP) is 2.65. The van der Waals surface area contributed by atoms with Crippen LogP contribution in [0.25, 0.3) is 0 Å². The normalized spacial score (nSPS) is 22.2. The van der Waals surface area contributed by atoms with E-state index in [0.717, 1.165) is 12.1 Å². The summed E-state index contributed by atoms with van der Waals surface area (Å²) in [6, 6.07) is 4.96. The number of hydrogen-bond donors (Lipinski definition) is 1. The fraction of sp³-hybridized carbons (Fsp3) is 0.571. The highest BCUT2D eigenvalue weighted by atomic mass is 19.4. The van der Waals surface area contributed by atoms with Crippen LogP contribution >= 0.6 is 0 Å². The van der Waals surface area contributed by atoms with Crippen molar-refractivity contribution in [2.75, 3.05) is 39.9 Å². The third kappa shape index (κ3) is 4.88. The summed E-state index contributed by atoms with van der Waals surface area (Å²) < 4.78 is 50.2. The number of aliphatic hydroxyl groups is 1. The van der Waals surface area contributed by atoms with E-state index < -0.39 is 17.8 Å². The minimum absolute atomic E-state index is 0.246. The van der Waals surface area contributed by atoms with Crippen molar-refractivity contribution in [2.45, 2.75) is 37.0 Å². The van der Waals surface area contributed by atoms with Crippen LogP contribution in [0.5, 0.6) is 0 Å². The second-order valence-electron chi connectivity index (χ2n) is 8.29. The van der Waals surface area contributed by atoms with Crippen LogP contribution in [0.15, 0.2) is 28.8 Å². The molecule has 2 aromatic rings. The lowest BCUT2D eigenvalue weighted by molar-refractivity contribution is -0.137. The highest BCUT2D eigenvalue weighted by Gasteiger charge is 2.39. The van der Waals surface area contributed by atoms with Crippen molar-refractivity contribution in [3.8, 4) is 0 Å². The van der Waals surface area contributed by atoms with Crippen LogP contribution in [0.2, 0.25) is 0 Å². The molecule has 4 rings (SSSR count). The minimum Gasteiger partial charge on any atom is -0.389 e. The number of amides is 2. The van der Waals surface area contributed by atoms with E-state index in [1.165, 1.54) is 11.0 Å². The molecule has 0 spiro atoms. The number of β-amino-alcohol motifs (C(OH)–C–C–N with tert-alkyl or cyclic N) is 1. The van der Waals surface area contributed by atoms with Crippen LogP contribution in [-0.2, 0) is 17.3 Å². The summed E-state index contributed by atoms with van der Waals surface area (Å²) in [4.78, 5) is 20.5. The van der Waals surface area contributed by atoms with Gasteiger partial charge in [0, 0.05) is 32.5 Å². The Kier molecular flexibility index (Phi) is 6.38. The minimum atomic E-state index is -4.45. The molecule has 2 aliphatic heterocycles. The molecule has 1 N–H and O–H groups in total. The number of rotatable bonds is 5. The number of aliphatic hydroxyl groups excluding tert-OH is 1. The number of ether oxygens (including phenoxy) is 1. The lowest BCUT2D eigenvalue weighted by Gasteiger charge is -2.43. The SMILES string of the molecule is COCCc1noc(C2CC(c3cccc(C(F)(F)F)c3)CN(C(=O)N3CC(O)C3)C2)n1. The van der Waals surface area contributed by atoms with E-state index in [-0.39, 0.29) is 37.5 Å². The van der Waals surface area contributed by atoms with E-state index in [1.807, 2.05) is 0 Å². The smallest absolute Gasteiger partial charge is 0.389 e. The molecule has 32 heavy (non-hydrogen) atoms. The first kappa shape index (κ1) is 22.5. The van der Waals surface area contributed by atoms with Crippen LogP contribution in [0.4, 0.5) is 18.0 Å². The third-order valence-electron chi connectivity index (χ3n) is 5.90. The Morgan fingerprint density at radius 2 is 1.94 bits per heavy atom. The molecule has 11 heteroatoms. The highest BCUT2D eigenvalue weighted by Crippen LogP contribution is 2.38. The number of halogens is 3. The molecule has 2 amide bonds. The van der Waals surface area contributed by atoms with E-state index in [1.54, 1.807) is 18.1 Å². The monoisotopic (exact) mass is 454 g/mol. The lowest BCUT2D eigenvalue weighted by atomic mass is 9.84. The van der Waals surface area contributed by atoms with Crippen molar-refractivity contribution in [1.82, 2.24) is 19.9 Å². The lowest BCUT2D eigenvalue weighted by Crippen LogP contribution is -2.59. The zero-order valence-electron chi connectivity index (χ0n) is 17.6. The molecular weight excluding hydrogens is 429 g/mol. The Hall–Kier alpha value is -2.66. The van der Waals surface area contributed by atoms with Gasteiger partial charge in [0.05, 0.1) is 37.3 Å². The first-order valence-electron chi connectivity index (χ1n) is 10.4. The quantitative estimate of drug-likeness (QED) is 0.747. The fourth-order valence-corrected chi connectivity index (χ4v) is 4.18. The van der Waals surface area contributed by atoms with Gasteiger partial charge >= 0.3 is 12.2 Å². The van der Waals surface area contributed by atoms with Crippen molar-refractivity contribution in [2.24, 2.45) is 0 Å². The Balaban J connectivity index is 1.58. The van der Waals surface area contributed by atoms with Gasteiger partial charge in [-0.05, 0) is 18.1 Å². The van der Waals surface area contributed by atoms with E-state index in [9.17, 15) is 23.1 Å². The second-order valence-corrected chi connectivity index (χ2v) is 8.29. The van der Waals surface area contributed by atoms with Crippen molar-refractivity contribution < 1.29 is 32.3 Å². The molecule has 1 aromatic carbocycles. The summed E-state index contributed by atoms with van der Waals surface area (Å²) in [7, 11) is 1.57. The van der Waals surface area contributed by atoms with Gasteiger partial charge in [0.1, 0.15) is 0 Å². The summed E-state index contributed by atoms with van der Waals surface area (Å²) in [6.45, 7) is 1.50. The molecule has 2 fully saturated rings. The number of carbonyl (C=O) groups excluding carboxylic acids is 1. The molecule has 2 unspecified atom stereocenters. The molecule has 0 saturated carbocycles. The van der Waals surface area contributed by atoms with Crippen LogP contribution in [-0.4, -0.2) is 77.1 Å². The largest absolute Gasteiger partial charge is 0.416 e. The number of urea groups is 1. The number of carbonyl (C=O) groups is 1. The average molecular weight is 454 g/mol. The molecule has 0 radical (unpaired) electrons. The Morgan fingerprint density at radius 3 is 2.62 bits per heavy atom. The first-order chi connectivity index (χ1) is 15.2. The number of benzene rings is 1. The predicted molar refractivity (Wildman–Crippen MR) is 106 cm³/mol. The first-order valence-corrected chi connectivity index (χ1v) is 10.4. The van der Waals surface area contributed by atoms with Gasteiger partial charge in [0.25, 0.3) is 0 Å². The molecule has 0 aliphatic carbocycles. The second kappa shape index (κ2) is 9.07. The molecule has 8 nitrogen and oxygen atoms in total. The maximum Gasteiger partial charge on any atom is 0.416 e. The van der Waals surface area contributed by atoms with E-state index >= 15 is 0 Å². The van der Waals surface area contributed by atoms with Gasteiger partial charge in [-0.15, -0.1) is 0 Å². The summed E-state index contributed by atoms with van der Waals surface area (Å²) in [5.41, 5.74) is -0.217. The number of alkyl halides is 3. The van der Waals surface area contributed by atoms with Crippen LogP contribution < -0.4 is 0 Å². The standard InChI is InChI=1S/C21H25F3N4O4/c1-31-6-5-18-25-19(32-26-18)15-7-14(13-3-2-4-16(8-13)21(22,23)24)9-27(10-15)20(30)28-11-17(29)12-28/h2-4,8,14-15,17,29H,5-7,9-12H2,1H3. The van der Waals surface area contributed by atoms with Gasteiger partial charge < -0.3 is 24.2 Å². The number of hydrogen-bond acceptors (Lipinski definition) is 6. The molecule has 3 heterocycles. The highest BCUT2D eigenvalue weighted by molar-refractivity contribution is 5.75. The Bertz CT molecular complexity index is 945. The van der Waals surface area contributed by atoms with E-state index in [4.69, 9.17) is 9.26 Å². The van der Waals surface area contributed by atoms with Crippen molar-refractivity contribution in [3.05, 3.63) is 47.1 Å². The Morgan fingerprint density at radius 1 is 1.22 bits per heavy atom. The van der Waals surface area contributed by atoms with Crippen LogP contribution in [0, 0.1) is 0 Å². The molecule has 0 bridgehead atoms. The van der Waals surface area contributed by atoms with Gasteiger partial charge in [-0.3, -0.25) is 0 Å². The van der Waals surface area contributed by atoms with Gasteiger partial charge in [0.2, 0.25) is 5.89 Å². The van der Waals surface area contributed by atoms with Crippen molar-refractivity contribution >= 4 is 6.03 Å². The number of nitrogens with zero attached hydrogens (tertiary/aromatic N) is 4. The summed E-state index contributed by atoms with van der Waals surface area (Å²) in [5.74, 6) is 0.184. The van der Waals surface area contributed by atoms with Crippen LogP contribution in [0.1, 0.15) is 41.1 Å². The van der Waals surface area contributed by atoms with Gasteiger partial charge in [-0.2, -0.15) is 18.2 Å². The molecular formula is C21H25F3N4O4. The summed E-state index contributed by atoms with van der Waals surface area (Å²) in [5, 5.41) is 13.5. The topological polar surface area (TPSA) is 91.9 Å². The molecule has 1 aromatic heterocycles. The number of likely N-dealkylation sites (tertiary alicyclic amines) is 2. The molecule has 2 aliphatic rings. The zero-order valence-corrected chi connectivity index (χ0v) is 17.6. The summed E-state index contributed by atoms with van der Waals surface area (Å²) in [6.07, 6.45) is -4.05. The molecule has 2 saturated heterocycles. The van der Waals surface area contributed by atoms with Crippen molar-refractivity contribution in [1.29, 1.82) is 0 Å². The number of methoxy groups -OCH3 is 1.